The van der Waals surface area contributed by atoms with E-state index in [1.807, 2.05) is 0 Å². The van der Waals surface area contributed by atoms with Crippen molar-refractivity contribution in [2.75, 3.05) is 6.54 Å². The van der Waals surface area contributed by atoms with Crippen LogP contribution in [-0.2, 0) is 0 Å². The van der Waals surface area contributed by atoms with Gasteiger partial charge in [0.25, 0.3) is 0 Å². The van der Waals surface area contributed by atoms with E-state index in [2.05, 4.69) is 11.8 Å². The fourth-order valence-corrected chi connectivity index (χ4v) is 4.92. The van der Waals surface area contributed by atoms with Crippen molar-refractivity contribution in [3.05, 3.63) is 0 Å². The Kier molecular flexibility index (Phi) is 15.4. The van der Waals surface area contributed by atoms with Crippen LogP contribution in [0.1, 0.15) is 122 Å². The SMILES string of the molecule is CCCCCCCCCCN(C1CCCCC1)C1CCCCC1.[K]. The minimum atomic E-state index is 0. The fourth-order valence-electron chi connectivity index (χ4n) is 4.92. The second kappa shape index (κ2) is 15.6. The first kappa shape index (κ1) is 23.6. The molecular formula is C22H43KN. The average Bonchev–Trinajstić information content (AvgIpc) is 2.62. The van der Waals surface area contributed by atoms with Crippen molar-refractivity contribution in [1.29, 1.82) is 0 Å². The maximum Gasteiger partial charge on any atom is 0.00981 e. The van der Waals surface area contributed by atoms with Crippen molar-refractivity contribution in [3.63, 3.8) is 0 Å². The van der Waals surface area contributed by atoms with Crippen molar-refractivity contribution in [2.45, 2.75) is 135 Å². The van der Waals surface area contributed by atoms with E-state index in [1.54, 1.807) is 0 Å². The van der Waals surface area contributed by atoms with Gasteiger partial charge in [-0.1, -0.05) is 90.4 Å². The van der Waals surface area contributed by atoms with Crippen LogP contribution in [-0.4, -0.2) is 74.9 Å². The van der Waals surface area contributed by atoms with Crippen LogP contribution in [0.4, 0.5) is 0 Å². The molecule has 1 radical (unpaired) electrons. The second-order valence-electron chi connectivity index (χ2n) is 8.30. The summed E-state index contributed by atoms with van der Waals surface area (Å²) in [5.41, 5.74) is 0. The molecule has 24 heavy (non-hydrogen) atoms. The minimum Gasteiger partial charge on any atom is -0.297 e. The van der Waals surface area contributed by atoms with Crippen molar-refractivity contribution in [2.24, 2.45) is 0 Å². The summed E-state index contributed by atoms with van der Waals surface area (Å²) in [6.07, 6.45) is 26.6. The molecule has 0 heterocycles. The number of rotatable bonds is 11. The molecule has 0 N–H and O–H groups in total. The summed E-state index contributed by atoms with van der Waals surface area (Å²) in [7, 11) is 0. The molecule has 137 valence electrons. The molecular weight excluding hydrogens is 317 g/mol. The number of hydrogen-bond acceptors (Lipinski definition) is 1. The molecule has 2 aliphatic carbocycles. The van der Waals surface area contributed by atoms with Gasteiger partial charge in [-0.25, -0.2) is 0 Å². The molecule has 0 spiro atoms. The maximum absolute atomic E-state index is 3.00. The third-order valence-electron chi connectivity index (χ3n) is 6.36. The van der Waals surface area contributed by atoms with E-state index in [4.69, 9.17) is 0 Å². The van der Waals surface area contributed by atoms with Crippen LogP contribution in [0.25, 0.3) is 0 Å². The molecule has 2 saturated carbocycles. The first-order valence-electron chi connectivity index (χ1n) is 11.2. The number of unbranched alkanes of at least 4 members (excludes halogenated alkanes) is 7. The summed E-state index contributed by atoms with van der Waals surface area (Å²) >= 11 is 0. The molecule has 0 aromatic carbocycles. The number of nitrogens with zero attached hydrogens (tertiary/aromatic N) is 1. The molecule has 0 aromatic heterocycles. The molecule has 0 saturated heterocycles. The van der Waals surface area contributed by atoms with Gasteiger partial charge in [0.15, 0.2) is 0 Å². The Hall–Kier alpha value is 1.60. The molecule has 0 unspecified atom stereocenters. The summed E-state index contributed by atoms with van der Waals surface area (Å²) in [6, 6.07) is 1.88. The van der Waals surface area contributed by atoms with Crippen molar-refractivity contribution in [1.82, 2.24) is 4.90 Å². The Balaban J connectivity index is 0.00000288. The zero-order chi connectivity index (χ0) is 16.2. The van der Waals surface area contributed by atoms with E-state index >= 15 is 0 Å². The second-order valence-corrected chi connectivity index (χ2v) is 8.30. The molecule has 0 aromatic rings. The Morgan fingerprint density at radius 1 is 0.583 bits per heavy atom. The van der Waals surface area contributed by atoms with Crippen LogP contribution in [0.15, 0.2) is 0 Å². The van der Waals surface area contributed by atoms with Crippen LogP contribution in [0, 0.1) is 0 Å². The summed E-state index contributed by atoms with van der Waals surface area (Å²) in [5.74, 6) is 0. The van der Waals surface area contributed by atoms with Gasteiger partial charge in [0.05, 0.1) is 0 Å². The first-order valence-corrected chi connectivity index (χ1v) is 11.2. The molecule has 0 bridgehead atoms. The molecule has 2 aliphatic rings. The average molecular weight is 361 g/mol. The van der Waals surface area contributed by atoms with Crippen LogP contribution in [0.5, 0.6) is 0 Å². The van der Waals surface area contributed by atoms with Gasteiger partial charge in [-0.15, -0.1) is 0 Å². The largest absolute Gasteiger partial charge is 0.297 e. The zero-order valence-corrected chi connectivity index (χ0v) is 20.2. The van der Waals surface area contributed by atoms with E-state index in [0.717, 1.165) is 12.1 Å². The molecule has 2 fully saturated rings. The third-order valence-corrected chi connectivity index (χ3v) is 6.36. The summed E-state index contributed by atoms with van der Waals surface area (Å²) in [6.45, 7) is 3.72. The van der Waals surface area contributed by atoms with Gasteiger partial charge in [-0.05, 0) is 38.6 Å². The van der Waals surface area contributed by atoms with Crippen LogP contribution < -0.4 is 0 Å². The van der Waals surface area contributed by atoms with Gasteiger partial charge in [-0.2, -0.15) is 0 Å². The summed E-state index contributed by atoms with van der Waals surface area (Å²) in [5, 5.41) is 0. The van der Waals surface area contributed by atoms with Crippen LogP contribution in [0.2, 0.25) is 0 Å². The molecule has 2 rings (SSSR count). The van der Waals surface area contributed by atoms with E-state index in [-0.39, 0.29) is 51.4 Å². The third kappa shape index (κ3) is 9.51. The smallest absolute Gasteiger partial charge is 0.00981 e. The van der Waals surface area contributed by atoms with E-state index < -0.39 is 0 Å². The van der Waals surface area contributed by atoms with Crippen molar-refractivity contribution in [3.8, 4) is 0 Å². The van der Waals surface area contributed by atoms with Gasteiger partial charge in [-0.3, -0.25) is 4.90 Å². The van der Waals surface area contributed by atoms with Gasteiger partial charge in [0.2, 0.25) is 0 Å². The molecule has 1 nitrogen and oxygen atoms in total. The van der Waals surface area contributed by atoms with Gasteiger partial charge in [0.1, 0.15) is 0 Å². The van der Waals surface area contributed by atoms with Gasteiger partial charge < -0.3 is 0 Å². The predicted molar refractivity (Wildman–Crippen MR) is 109 cm³/mol. The van der Waals surface area contributed by atoms with E-state index in [0.29, 0.717) is 0 Å². The van der Waals surface area contributed by atoms with E-state index in [1.165, 1.54) is 122 Å². The molecule has 0 atom stereocenters. The fraction of sp³-hybridized carbons (Fsp3) is 1.00. The van der Waals surface area contributed by atoms with Gasteiger partial charge in [0, 0.05) is 63.5 Å². The Morgan fingerprint density at radius 3 is 1.46 bits per heavy atom. The Bertz CT molecular complexity index is 251. The first-order chi connectivity index (χ1) is 11.4. The Morgan fingerprint density at radius 2 is 1.00 bits per heavy atom. The van der Waals surface area contributed by atoms with Gasteiger partial charge >= 0.3 is 0 Å². The van der Waals surface area contributed by atoms with E-state index in [9.17, 15) is 0 Å². The van der Waals surface area contributed by atoms with Crippen molar-refractivity contribution < 1.29 is 0 Å². The predicted octanol–water partition coefficient (Wildman–Crippen LogP) is 6.71. The standard InChI is InChI=1S/C22H43N.K/c1-2-3-4-5-6-7-8-15-20-23(21-16-11-9-12-17-21)22-18-13-10-14-19-22;/h21-22H,2-20H2,1H3;. The van der Waals surface area contributed by atoms with Crippen LogP contribution in [0.3, 0.4) is 0 Å². The topological polar surface area (TPSA) is 3.24 Å². The van der Waals surface area contributed by atoms with Crippen LogP contribution >= 0.6 is 0 Å². The summed E-state index contributed by atoms with van der Waals surface area (Å²) < 4.78 is 0. The monoisotopic (exact) mass is 360 g/mol. The Labute approximate surface area is 195 Å². The zero-order valence-electron chi connectivity index (χ0n) is 17.0. The summed E-state index contributed by atoms with van der Waals surface area (Å²) in [4.78, 5) is 3.00. The molecule has 0 amide bonds. The van der Waals surface area contributed by atoms with Crippen molar-refractivity contribution >= 4 is 51.4 Å². The molecule has 0 aliphatic heterocycles. The normalized spacial score (nSPS) is 20.2. The maximum atomic E-state index is 3.00. The quantitative estimate of drug-likeness (QED) is 0.292. The number of hydrogen-bond donors (Lipinski definition) is 0. The minimum absolute atomic E-state index is 0. The molecule has 2 heteroatoms.